The van der Waals surface area contributed by atoms with Crippen molar-refractivity contribution in [3.63, 3.8) is 0 Å². The van der Waals surface area contributed by atoms with Gasteiger partial charge in [-0.2, -0.15) is 0 Å². The molecule has 252 valence electrons. The van der Waals surface area contributed by atoms with Crippen molar-refractivity contribution >= 4 is 84.3 Å². The fraction of sp³-hybridized carbons (Fsp3) is 0.500. The van der Waals surface area contributed by atoms with Gasteiger partial charge in [0, 0.05) is 85.6 Å². The molecule has 8 heteroatoms. The highest BCUT2D eigenvalue weighted by Crippen LogP contribution is 2.60. The Morgan fingerprint density at radius 1 is 0.812 bits per heavy atom. The molecular formula is C40H45Cl2N3O2S. The number of benzene rings is 3. The highest BCUT2D eigenvalue weighted by Gasteiger charge is 2.58. The molecule has 3 aromatic carbocycles. The van der Waals surface area contributed by atoms with Crippen molar-refractivity contribution in [3.05, 3.63) is 64.0 Å². The third kappa shape index (κ3) is 4.75. The Morgan fingerprint density at radius 3 is 1.88 bits per heavy atom. The summed E-state index contributed by atoms with van der Waals surface area (Å²) >= 11 is 15.0. The summed E-state index contributed by atoms with van der Waals surface area (Å²) in [6.45, 7) is 12.1. The second-order valence-electron chi connectivity index (χ2n) is 16.1. The molecule has 48 heavy (non-hydrogen) atoms. The third-order valence-corrected chi connectivity index (χ3v) is 14.0. The van der Waals surface area contributed by atoms with E-state index in [2.05, 4.69) is 91.5 Å². The minimum atomic E-state index is -0.443. The molecule has 3 saturated carbocycles. The molecule has 1 aromatic heterocycles. The van der Waals surface area contributed by atoms with E-state index in [0.29, 0.717) is 24.8 Å². The van der Waals surface area contributed by atoms with E-state index in [1.165, 1.54) is 37.7 Å². The van der Waals surface area contributed by atoms with Gasteiger partial charge in [0.15, 0.2) is 0 Å². The number of hydrogen-bond acceptors (Lipinski definition) is 4. The van der Waals surface area contributed by atoms with Crippen LogP contribution in [0, 0.1) is 24.7 Å². The lowest BCUT2D eigenvalue weighted by Gasteiger charge is -2.53. The van der Waals surface area contributed by atoms with Gasteiger partial charge >= 0.3 is 0 Å². The molecule has 0 radical (unpaired) electrons. The standard InChI is InChI=1S/C40H45Cl2N3O2S/c1-23-16-30-34(32-24(2)22-48-35(23)32)26(19-42)21-44(30)36(46)39-10-13-40(14-11-39,15-12-39)37(47)45-20-25(18-41)33-28-9-7-6-8-27(28)29(17-31(33)45)43-38(3,4)5/h6-9,16-17,22,25-26,43H,10-15,18-21H2,1-5H3/t25-,26-,39?,40?/m1/s1. The zero-order valence-electron chi connectivity index (χ0n) is 28.6. The van der Waals surface area contributed by atoms with Crippen LogP contribution in [0.5, 0.6) is 0 Å². The Hall–Kier alpha value is -2.80. The Balaban J connectivity index is 1.09. The molecule has 3 heterocycles. The predicted octanol–water partition coefficient (Wildman–Crippen LogP) is 10.3. The van der Waals surface area contributed by atoms with E-state index >= 15 is 0 Å². The number of fused-ring (bicyclic) bond motifs is 9. The van der Waals surface area contributed by atoms with Crippen LogP contribution in [0.2, 0.25) is 0 Å². The molecule has 0 saturated heterocycles. The minimum Gasteiger partial charge on any atom is -0.380 e. The normalized spacial score (nSPS) is 26.4. The van der Waals surface area contributed by atoms with Crippen LogP contribution in [-0.4, -0.2) is 42.2 Å². The van der Waals surface area contributed by atoms with Crippen LogP contribution in [-0.2, 0) is 9.59 Å². The van der Waals surface area contributed by atoms with Crippen molar-refractivity contribution in [2.24, 2.45) is 10.8 Å². The van der Waals surface area contributed by atoms with E-state index in [4.69, 9.17) is 23.2 Å². The maximum absolute atomic E-state index is 14.8. The Bertz CT molecular complexity index is 1970. The SMILES string of the molecule is Cc1cc2c(c3c(C)csc13)[C@H](CCl)CN2C(=O)C12CCC(C(=O)N3C[C@@H](CCl)c4c3cc(NC(C)(C)C)c3ccccc43)(CC1)CC2. The number of hydrogen-bond donors (Lipinski definition) is 1. The molecule has 3 aliphatic carbocycles. The largest absolute Gasteiger partial charge is 0.380 e. The fourth-order valence-corrected chi connectivity index (χ4v) is 11.1. The van der Waals surface area contributed by atoms with Crippen molar-refractivity contribution in [3.8, 4) is 0 Å². The highest BCUT2D eigenvalue weighted by molar-refractivity contribution is 7.17. The van der Waals surface area contributed by atoms with Crippen LogP contribution >= 0.6 is 34.5 Å². The number of nitrogens with zero attached hydrogens (tertiary/aromatic N) is 2. The zero-order valence-corrected chi connectivity index (χ0v) is 31.0. The number of thiophene rings is 1. The first-order valence-corrected chi connectivity index (χ1v) is 19.5. The van der Waals surface area contributed by atoms with Gasteiger partial charge < -0.3 is 15.1 Å². The number of anilines is 3. The second-order valence-corrected chi connectivity index (χ2v) is 17.6. The van der Waals surface area contributed by atoms with Crippen LogP contribution in [0.4, 0.5) is 17.1 Å². The van der Waals surface area contributed by atoms with Gasteiger partial charge in [-0.05, 0) is 118 Å². The van der Waals surface area contributed by atoms with Crippen LogP contribution in [0.3, 0.4) is 0 Å². The molecular weight excluding hydrogens is 657 g/mol. The molecule has 2 atom stereocenters. The molecule has 2 aliphatic heterocycles. The van der Waals surface area contributed by atoms with Gasteiger partial charge in [0.2, 0.25) is 11.8 Å². The van der Waals surface area contributed by atoms with E-state index < -0.39 is 10.8 Å². The van der Waals surface area contributed by atoms with Crippen LogP contribution < -0.4 is 15.1 Å². The lowest BCUT2D eigenvalue weighted by atomic mass is 9.53. The number of alkyl halides is 2. The van der Waals surface area contributed by atoms with Gasteiger partial charge in [-0.15, -0.1) is 34.5 Å². The average molecular weight is 703 g/mol. The van der Waals surface area contributed by atoms with Gasteiger partial charge in [-0.3, -0.25) is 9.59 Å². The first kappa shape index (κ1) is 32.4. The molecule has 3 fully saturated rings. The second kappa shape index (κ2) is 11.4. The summed E-state index contributed by atoms with van der Waals surface area (Å²) in [4.78, 5) is 33.7. The van der Waals surface area contributed by atoms with Gasteiger partial charge in [-0.1, -0.05) is 24.3 Å². The summed E-state index contributed by atoms with van der Waals surface area (Å²) in [5.41, 5.74) is 7.02. The van der Waals surface area contributed by atoms with Crippen molar-refractivity contribution in [1.82, 2.24) is 0 Å². The van der Waals surface area contributed by atoms with Crippen molar-refractivity contribution < 1.29 is 9.59 Å². The Labute approximate surface area is 297 Å². The lowest BCUT2D eigenvalue weighted by Crippen LogP contribution is -2.56. The van der Waals surface area contributed by atoms with Crippen molar-refractivity contribution in [2.45, 2.75) is 90.5 Å². The number of amides is 2. The first-order valence-electron chi connectivity index (χ1n) is 17.5. The highest BCUT2D eigenvalue weighted by atomic mass is 35.5. The molecule has 2 bridgehead atoms. The number of rotatable bonds is 5. The topological polar surface area (TPSA) is 52.7 Å². The maximum atomic E-state index is 14.8. The lowest BCUT2D eigenvalue weighted by molar-refractivity contribution is -0.147. The molecule has 0 spiro atoms. The first-order chi connectivity index (χ1) is 22.9. The molecule has 9 rings (SSSR count). The minimum absolute atomic E-state index is 0.0790. The molecule has 5 nitrogen and oxygen atoms in total. The van der Waals surface area contributed by atoms with E-state index in [1.54, 1.807) is 11.3 Å². The predicted molar refractivity (Wildman–Crippen MR) is 203 cm³/mol. The van der Waals surface area contributed by atoms with Crippen LogP contribution in [0.25, 0.3) is 20.9 Å². The number of aryl methyl sites for hydroxylation is 2. The molecule has 2 amide bonds. The number of halogens is 2. The summed E-state index contributed by atoms with van der Waals surface area (Å²) in [5.74, 6) is 1.63. The fourth-order valence-electron chi connectivity index (χ4n) is 9.58. The van der Waals surface area contributed by atoms with Crippen LogP contribution in [0.1, 0.15) is 93.4 Å². The van der Waals surface area contributed by atoms with Crippen LogP contribution in [0.15, 0.2) is 41.8 Å². The van der Waals surface area contributed by atoms with Gasteiger partial charge in [0.05, 0.1) is 0 Å². The number of carbonyl (C=O) groups is 2. The monoisotopic (exact) mass is 701 g/mol. The Kier molecular flexibility index (Phi) is 7.67. The number of nitrogens with one attached hydrogen (secondary N) is 1. The smallest absolute Gasteiger partial charge is 0.233 e. The molecule has 0 unspecified atom stereocenters. The molecule has 1 N–H and O–H groups in total. The van der Waals surface area contributed by atoms with E-state index in [-0.39, 0.29) is 29.2 Å². The van der Waals surface area contributed by atoms with Gasteiger partial charge in [0.1, 0.15) is 0 Å². The zero-order chi connectivity index (χ0) is 33.7. The van der Waals surface area contributed by atoms with E-state index in [0.717, 1.165) is 61.0 Å². The quantitative estimate of drug-likeness (QED) is 0.211. The molecule has 5 aliphatic rings. The van der Waals surface area contributed by atoms with E-state index in [1.807, 2.05) is 0 Å². The maximum Gasteiger partial charge on any atom is 0.233 e. The summed E-state index contributed by atoms with van der Waals surface area (Å²) in [6.07, 6.45) is 4.50. The summed E-state index contributed by atoms with van der Waals surface area (Å²) in [6, 6.07) is 12.9. The average Bonchev–Trinajstić information content (AvgIpc) is 3.77. The summed E-state index contributed by atoms with van der Waals surface area (Å²) < 4.78 is 1.31. The van der Waals surface area contributed by atoms with E-state index in [9.17, 15) is 9.59 Å². The van der Waals surface area contributed by atoms with Crippen molar-refractivity contribution in [1.29, 1.82) is 0 Å². The number of carbonyl (C=O) groups excluding carboxylic acids is 2. The Morgan fingerprint density at radius 2 is 1.33 bits per heavy atom. The summed E-state index contributed by atoms with van der Waals surface area (Å²) in [7, 11) is 0. The summed E-state index contributed by atoms with van der Waals surface area (Å²) in [5, 5.41) is 9.56. The van der Waals surface area contributed by atoms with Gasteiger partial charge in [-0.25, -0.2) is 0 Å². The molecule has 4 aromatic rings. The van der Waals surface area contributed by atoms with Crippen molar-refractivity contribution in [2.75, 3.05) is 40.0 Å². The van der Waals surface area contributed by atoms with Gasteiger partial charge in [0.25, 0.3) is 0 Å². The third-order valence-electron chi connectivity index (χ3n) is 12.0.